The Balaban J connectivity index is 1.77. The average Bonchev–Trinajstić information content (AvgIpc) is 3.14. The standard InChI is InChI=1S/C15H23N3S2/c1-2-12(16)9-13-14(17-15-18(13)7-8-19-15)20-10-11-5-3-4-6-11/h7-8,11-12H,2-6,9-10,16H2,1H3. The summed E-state index contributed by atoms with van der Waals surface area (Å²) in [6.07, 6.45) is 9.71. The van der Waals surface area contributed by atoms with E-state index in [1.807, 2.05) is 11.8 Å². The molecule has 2 heterocycles. The molecule has 1 aliphatic carbocycles. The quantitative estimate of drug-likeness (QED) is 0.821. The summed E-state index contributed by atoms with van der Waals surface area (Å²) in [5.74, 6) is 2.12. The fraction of sp³-hybridized carbons (Fsp3) is 0.667. The summed E-state index contributed by atoms with van der Waals surface area (Å²) < 4.78 is 2.23. The van der Waals surface area contributed by atoms with Crippen LogP contribution in [0, 0.1) is 5.92 Å². The molecule has 0 aliphatic heterocycles. The second kappa shape index (κ2) is 6.50. The Bertz CT molecular complexity index is 554. The predicted octanol–water partition coefficient (Wildman–Crippen LogP) is 3.96. The molecule has 1 atom stereocenters. The van der Waals surface area contributed by atoms with E-state index in [1.54, 1.807) is 11.3 Å². The number of hydrogen-bond donors (Lipinski definition) is 1. The lowest BCUT2D eigenvalue weighted by molar-refractivity contribution is 0.619. The van der Waals surface area contributed by atoms with Crippen molar-refractivity contribution in [3.63, 3.8) is 0 Å². The molecule has 3 nitrogen and oxygen atoms in total. The number of thiazole rings is 1. The van der Waals surface area contributed by atoms with Crippen LogP contribution in [0.15, 0.2) is 16.6 Å². The Hall–Kier alpha value is -0.520. The average molecular weight is 310 g/mol. The summed E-state index contributed by atoms with van der Waals surface area (Å²) in [7, 11) is 0. The first-order valence-corrected chi connectivity index (χ1v) is 9.47. The molecular formula is C15H23N3S2. The van der Waals surface area contributed by atoms with Crippen molar-refractivity contribution in [1.82, 2.24) is 9.38 Å². The molecule has 0 aromatic carbocycles. The van der Waals surface area contributed by atoms with Crippen molar-refractivity contribution < 1.29 is 0 Å². The van der Waals surface area contributed by atoms with Crippen molar-refractivity contribution in [3.05, 3.63) is 17.3 Å². The number of imidazole rings is 1. The number of aromatic nitrogens is 2. The SMILES string of the molecule is CCC(N)Cc1c(SCC2CCCC2)nc2sccn12. The van der Waals surface area contributed by atoms with Crippen LogP contribution in [0.25, 0.3) is 4.96 Å². The molecule has 5 heteroatoms. The minimum Gasteiger partial charge on any atom is -0.327 e. The van der Waals surface area contributed by atoms with Crippen LogP contribution in [0.5, 0.6) is 0 Å². The van der Waals surface area contributed by atoms with Gasteiger partial charge >= 0.3 is 0 Å². The van der Waals surface area contributed by atoms with Gasteiger partial charge in [0.1, 0.15) is 5.03 Å². The molecule has 110 valence electrons. The molecule has 0 bridgehead atoms. The maximum absolute atomic E-state index is 6.16. The van der Waals surface area contributed by atoms with Gasteiger partial charge in [-0.25, -0.2) is 4.98 Å². The van der Waals surface area contributed by atoms with Crippen LogP contribution in [0.2, 0.25) is 0 Å². The van der Waals surface area contributed by atoms with Gasteiger partial charge in [0.15, 0.2) is 4.96 Å². The van der Waals surface area contributed by atoms with Crippen LogP contribution >= 0.6 is 23.1 Å². The predicted molar refractivity (Wildman–Crippen MR) is 87.7 cm³/mol. The van der Waals surface area contributed by atoms with E-state index in [0.29, 0.717) is 0 Å². The van der Waals surface area contributed by atoms with Gasteiger partial charge in [0, 0.05) is 29.8 Å². The van der Waals surface area contributed by atoms with Crippen LogP contribution in [-0.4, -0.2) is 21.2 Å². The molecular weight excluding hydrogens is 286 g/mol. The van der Waals surface area contributed by atoms with Crippen LogP contribution in [-0.2, 0) is 6.42 Å². The maximum atomic E-state index is 6.16. The van der Waals surface area contributed by atoms with Gasteiger partial charge in [0.25, 0.3) is 0 Å². The molecule has 2 aromatic heterocycles. The minimum absolute atomic E-state index is 0.237. The van der Waals surface area contributed by atoms with Crippen molar-refractivity contribution in [2.75, 3.05) is 5.75 Å². The molecule has 1 aliphatic rings. The van der Waals surface area contributed by atoms with Gasteiger partial charge in [-0.3, -0.25) is 4.40 Å². The molecule has 0 radical (unpaired) electrons. The topological polar surface area (TPSA) is 43.3 Å². The fourth-order valence-corrected chi connectivity index (χ4v) is 4.90. The lowest BCUT2D eigenvalue weighted by Gasteiger charge is -2.11. The van der Waals surface area contributed by atoms with Crippen LogP contribution in [0.4, 0.5) is 0 Å². The zero-order valence-electron chi connectivity index (χ0n) is 12.0. The number of nitrogens with zero attached hydrogens (tertiary/aromatic N) is 2. The van der Waals surface area contributed by atoms with Gasteiger partial charge < -0.3 is 5.73 Å². The van der Waals surface area contributed by atoms with Gasteiger partial charge in [-0.05, 0) is 25.2 Å². The van der Waals surface area contributed by atoms with Crippen LogP contribution < -0.4 is 5.73 Å². The largest absolute Gasteiger partial charge is 0.327 e. The molecule has 0 amide bonds. The number of nitrogens with two attached hydrogens (primary N) is 1. The highest BCUT2D eigenvalue weighted by atomic mass is 32.2. The Kier molecular flexibility index (Phi) is 4.68. The van der Waals surface area contributed by atoms with E-state index in [2.05, 4.69) is 22.9 Å². The highest BCUT2D eigenvalue weighted by molar-refractivity contribution is 7.99. The Morgan fingerprint density at radius 2 is 2.30 bits per heavy atom. The van der Waals surface area contributed by atoms with E-state index in [9.17, 15) is 0 Å². The summed E-state index contributed by atoms with van der Waals surface area (Å²) in [6.45, 7) is 2.15. The lowest BCUT2D eigenvalue weighted by atomic mass is 10.1. The Morgan fingerprint density at radius 1 is 1.50 bits per heavy atom. The van der Waals surface area contributed by atoms with E-state index >= 15 is 0 Å². The second-order valence-electron chi connectivity index (χ2n) is 5.75. The zero-order chi connectivity index (χ0) is 13.9. The van der Waals surface area contributed by atoms with Crippen LogP contribution in [0.3, 0.4) is 0 Å². The molecule has 1 saturated carbocycles. The number of rotatable bonds is 6. The normalized spacial score (nSPS) is 18.1. The van der Waals surface area contributed by atoms with Crippen molar-refractivity contribution in [1.29, 1.82) is 0 Å². The van der Waals surface area contributed by atoms with Crippen molar-refractivity contribution in [2.24, 2.45) is 11.7 Å². The monoisotopic (exact) mass is 309 g/mol. The maximum Gasteiger partial charge on any atom is 0.194 e. The molecule has 0 saturated heterocycles. The molecule has 1 fully saturated rings. The lowest BCUT2D eigenvalue weighted by Crippen LogP contribution is -2.22. The van der Waals surface area contributed by atoms with Gasteiger partial charge in [0.05, 0.1) is 5.69 Å². The summed E-state index contributed by atoms with van der Waals surface area (Å²) in [5.41, 5.74) is 7.48. The molecule has 2 aromatic rings. The zero-order valence-corrected chi connectivity index (χ0v) is 13.7. The van der Waals surface area contributed by atoms with Crippen molar-refractivity contribution in [2.45, 2.75) is 56.5 Å². The molecule has 2 N–H and O–H groups in total. The highest BCUT2D eigenvalue weighted by Gasteiger charge is 2.19. The van der Waals surface area contributed by atoms with Gasteiger partial charge in [-0.2, -0.15) is 0 Å². The summed E-state index contributed by atoms with van der Waals surface area (Å²) in [5, 5.41) is 3.32. The highest BCUT2D eigenvalue weighted by Crippen LogP contribution is 2.33. The first-order valence-electron chi connectivity index (χ1n) is 7.60. The van der Waals surface area contributed by atoms with Gasteiger partial charge in [-0.15, -0.1) is 23.1 Å². The molecule has 0 spiro atoms. The van der Waals surface area contributed by atoms with E-state index in [-0.39, 0.29) is 6.04 Å². The van der Waals surface area contributed by atoms with E-state index in [0.717, 1.165) is 23.7 Å². The summed E-state index contributed by atoms with van der Waals surface area (Å²) in [6, 6.07) is 0.237. The smallest absolute Gasteiger partial charge is 0.194 e. The summed E-state index contributed by atoms with van der Waals surface area (Å²) in [4.78, 5) is 5.92. The van der Waals surface area contributed by atoms with E-state index in [1.165, 1.54) is 42.2 Å². The minimum atomic E-state index is 0.237. The first kappa shape index (κ1) is 14.4. The van der Waals surface area contributed by atoms with Gasteiger partial charge in [0.2, 0.25) is 0 Å². The molecule has 3 rings (SSSR count). The third-order valence-corrected chi connectivity index (χ3v) is 6.23. The second-order valence-corrected chi connectivity index (χ2v) is 7.63. The van der Waals surface area contributed by atoms with E-state index in [4.69, 9.17) is 10.7 Å². The fourth-order valence-electron chi connectivity index (χ4n) is 2.88. The third kappa shape index (κ3) is 3.05. The third-order valence-electron chi connectivity index (χ3n) is 4.23. The Labute approximate surface area is 129 Å². The van der Waals surface area contributed by atoms with Crippen LogP contribution in [0.1, 0.15) is 44.7 Å². The Morgan fingerprint density at radius 3 is 3.05 bits per heavy atom. The number of thioether (sulfide) groups is 1. The van der Waals surface area contributed by atoms with Crippen molar-refractivity contribution in [3.8, 4) is 0 Å². The van der Waals surface area contributed by atoms with Crippen molar-refractivity contribution >= 4 is 28.1 Å². The van der Waals surface area contributed by atoms with Gasteiger partial charge in [-0.1, -0.05) is 19.8 Å². The number of fused-ring (bicyclic) bond motifs is 1. The number of hydrogen-bond acceptors (Lipinski definition) is 4. The molecule has 20 heavy (non-hydrogen) atoms. The molecule has 1 unspecified atom stereocenters. The summed E-state index contributed by atoms with van der Waals surface area (Å²) >= 11 is 3.66. The van der Waals surface area contributed by atoms with E-state index < -0.39 is 0 Å². The first-order chi connectivity index (χ1) is 9.78.